The molecule has 2 N–H and O–H groups in total. The summed E-state index contributed by atoms with van der Waals surface area (Å²) in [4.78, 5) is 11.2. The number of benzene rings is 1. The first kappa shape index (κ1) is 16.7. The van der Waals surface area contributed by atoms with E-state index in [0.29, 0.717) is 31.3 Å². The maximum atomic E-state index is 11.2. The Labute approximate surface area is 149 Å². The number of carbonyl (C=O) groups is 1. The van der Waals surface area contributed by atoms with E-state index >= 15 is 0 Å². The average molecular weight is 344 g/mol. The molecule has 136 valence electrons. The number of rotatable bonds is 5. The molecule has 1 aromatic rings. The maximum absolute atomic E-state index is 11.2. The van der Waals surface area contributed by atoms with Gasteiger partial charge in [-0.2, -0.15) is 0 Å². The quantitative estimate of drug-likeness (QED) is 0.862. The van der Waals surface area contributed by atoms with Crippen molar-refractivity contribution in [2.45, 2.75) is 63.6 Å². The second-order valence-corrected chi connectivity index (χ2v) is 7.63. The van der Waals surface area contributed by atoms with Gasteiger partial charge in [-0.3, -0.25) is 4.79 Å². The summed E-state index contributed by atoms with van der Waals surface area (Å²) in [7, 11) is 0. The van der Waals surface area contributed by atoms with Crippen molar-refractivity contribution in [2.75, 3.05) is 13.2 Å². The number of hydrogen-bond donors (Lipinski definition) is 2. The Morgan fingerprint density at radius 3 is 2.36 bits per heavy atom. The lowest BCUT2D eigenvalue weighted by atomic mass is 9.89. The van der Waals surface area contributed by atoms with Gasteiger partial charge in [0.2, 0.25) is 5.91 Å². The molecule has 3 aliphatic rings. The van der Waals surface area contributed by atoms with Gasteiger partial charge in [-0.1, -0.05) is 6.07 Å². The van der Waals surface area contributed by atoms with E-state index in [0.717, 1.165) is 43.1 Å². The van der Waals surface area contributed by atoms with E-state index in [1.54, 1.807) is 6.92 Å². The Morgan fingerprint density at radius 2 is 1.68 bits per heavy atom. The molecular weight excluding hydrogens is 316 g/mol. The van der Waals surface area contributed by atoms with Crippen molar-refractivity contribution in [3.05, 3.63) is 23.8 Å². The van der Waals surface area contributed by atoms with Crippen molar-refractivity contribution in [1.82, 2.24) is 10.6 Å². The minimum atomic E-state index is 0.0866. The van der Waals surface area contributed by atoms with Gasteiger partial charge in [0.1, 0.15) is 13.2 Å². The fourth-order valence-electron chi connectivity index (χ4n) is 4.13. The largest absolute Gasteiger partial charge is 0.486 e. The van der Waals surface area contributed by atoms with Gasteiger partial charge < -0.3 is 20.1 Å². The zero-order chi connectivity index (χ0) is 17.2. The predicted molar refractivity (Wildman–Crippen MR) is 95.9 cm³/mol. The monoisotopic (exact) mass is 344 g/mol. The summed E-state index contributed by atoms with van der Waals surface area (Å²) in [5.41, 5.74) is 1.32. The maximum Gasteiger partial charge on any atom is 0.217 e. The first-order valence-corrected chi connectivity index (χ1v) is 9.62. The summed E-state index contributed by atoms with van der Waals surface area (Å²) in [6.07, 6.45) is 6.98. The van der Waals surface area contributed by atoms with Gasteiger partial charge in [0.25, 0.3) is 0 Å². The Morgan fingerprint density at radius 1 is 1.00 bits per heavy atom. The molecular formula is C20H28N2O3. The van der Waals surface area contributed by atoms with E-state index in [1.165, 1.54) is 18.4 Å². The van der Waals surface area contributed by atoms with Gasteiger partial charge in [0.05, 0.1) is 0 Å². The molecule has 1 atom stereocenters. The van der Waals surface area contributed by atoms with E-state index in [-0.39, 0.29) is 5.91 Å². The standard InChI is InChI=1S/C20H28N2O3/c1-13(23)21-16-5-7-17(8-6-16)22-20(14-2-3-14)15-4-9-18-19(12-15)25-11-10-24-18/h4,9,12,14,16-17,20,22H,2-3,5-8,10-11H2,1H3,(H,21,23)/t16?,17?,20-/m1/s1. The molecule has 5 nitrogen and oxygen atoms in total. The van der Waals surface area contributed by atoms with Crippen LogP contribution < -0.4 is 20.1 Å². The smallest absolute Gasteiger partial charge is 0.217 e. The summed E-state index contributed by atoms with van der Waals surface area (Å²) in [5.74, 6) is 2.56. The molecule has 0 bridgehead atoms. The van der Waals surface area contributed by atoms with Crippen LogP contribution in [-0.4, -0.2) is 31.2 Å². The number of hydrogen-bond acceptors (Lipinski definition) is 4. The molecule has 0 saturated heterocycles. The Balaban J connectivity index is 1.40. The molecule has 2 aliphatic carbocycles. The molecule has 0 aromatic heterocycles. The topological polar surface area (TPSA) is 59.6 Å². The summed E-state index contributed by atoms with van der Waals surface area (Å²) >= 11 is 0. The fraction of sp³-hybridized carbons (Fsp3) is 0.650. The highest BCUT2D eigenvalue weighted by Gasteiger charge is 2.35. The van der Waals surface area contributed by atoms with Crippen molar-refractivity contribution in [3.63, 3.8) is 0 Å². The van der Waals surface area contributed by atoms with Crippen LogP contribution in [-0.2, 0) is 4.79 Å². The van der Waals surface area contributed by atoms with Gasteiger partial charge in [0, 0.05) is 25.0 Å². The predicted octanol–water partition coefficient (Wildman–Crippen LogP) is 2.95. The van der Waals surface area contributed by atoms with E-state index < -0.39 is 0 Å². The number of ether oxygens (including phenoxy) is 2. The zero-order valence-electron chi connectivity index (χ0n) is 14.9. The number of nitrogens with one attached hydrogen (secondary N) is 2. The summed E-state index contributed by atoms with van der Waals surface area (Å²) in [5, 5.41) is 6.97. The highest BCUT2D eigenvalue weighted by Crippen LogP contribution is 2.44. The summed E-state index contributed by atoms with van der Waals surface area (Å²) < 4.78 is 11.4. The lowest BCUT2D eigenvalue weighted by molar-refractivity contribution is -0.119. The average Bonchev–Trinajstić information content (AvgIpc) is 3.45. The molecule has 0 spiro atoms. The molecule has 1 amide bonds. The minimum Gasteiger partial charge on any atom is -0.486 e. The van der Waals surface area contributed by atoms with Crippen molar-refractivity contribution in [2.24, 2.45) is 5.92 Å². The van der Waals surface area contributed by atoms with Crippen LogP contribution in [0.25, 0.3) is 0 Å². The number of carbonyl (C=O) groups excluding carboxylic acids is 1. The van der Waals surface area contributed by atoms with Crippen LogP contribution in [0.4, 0.5) is 0 Å². The van der Waals surface area contributed by atoms with E-state index in [9.17, 15) is 4.79 Å². The van der Waals surface area contributed by atoms with Gasteiger partial charge in [-0.25, -0.2) is 0 Å². The third-order valence-electron chi connectivity index (χ3n) is 5.57. The first-order valence-electron chi connectivity index (χ1n) is 9.62. The van der Waals surface area contributed by atoms with Crippen LogP contribution in [0.5, 0.6) is 11.5 Å². The zero-order valence-corrected chi connectivity index (χ0v) is 14.9. The second-order valence-electron chi connectivity index (χ2n) is 7.63. The van der Waals surface area contributed by atoms with Crippen LogP contribution >= 0.6 is 0 Å². The van der Waals surface area contributed by atoms with Crippen molar-refractivity contribution >= 4 is 5.91 Å². The Kier molecular flexibility index (Phi) is 4.84. The third-order valence-corrected chi connectivity index (χ3v) is 5.57. The molecule has 1 aromatic carbocycles. The molecule has 25 heavy (non-hydrogen) atoms. The molecule has 2 saturated carbocycles. The van der Waals surface area contributed by atoms with Crippen LogP contribution in [0, 0.1) is 5.92 Å². The lowest BCUT2D eigenvalue weighted by Gasteiger charge is -2.33. The minimum absolute atomic E-state index is 0.0866. The summed E-state index contributed by atoms with van der Waals surface area (Å²) in [6.45, 7) is 2.87. The SMILES string of the molecule is CC(=O)NC1CCC(N[C@@H](c2ccc3c(c2)OCCO3)C2CC2)CC1. The van der Waals surface area contributed by atoms with E-state index in [2.05, 4.69) is 28.8 Å². The lowest BCUT2D eigenvalue weighted by Crippen LogP contribution is -2.42. The van der Waals surface area contributed by atoms with Crippen molar-refractivity contribution < 1.29 is 14.3 Å². The number of amides is 1. The molecule has 2 fully saturated rings. The normalized spacial score (nSPS) is 26.8. The molecule has 4 rings (SSSR count). The van der Waals surface area contributed by atoms with Gasteiger partial charge >= 0.3 is 0 Å². The van der Waals surface area contributed by atoms with Gasteiger partial charge in [-0.15, -0.1) is 0 Å². The third kappa shape index (κ3) is 4.09. The molecule has 1 heterocycles. The van der Waals surface area contributed by atoms with Crippen molar-refractivity contribution in [1.29, 1.82) is 0 Å². The molecule has 1 aliphatic heterocycles. The fourth-order valence-corrected chi connectivity index (χ4v) is 4.13. The van der Waals surface area contributed by atoms with Crippen LogP contribution in [0.15, 0.2) is 18.2 Å². The number of fused-ring (bicyclic) bond motifs is 1. The molecule has 0 radical (unpaired) electrons. The van der Waals surface area contributed by atoms with Crippen LogP contribution in [0.3, 0.4) is 0 Å². The molecule has 5 heteroatoms. The van der Waals surface area contributed by atoms with Gasteiger partial charge in [-0.05, 0) is 62.1 Å². The van der Waals surface area contributed by atoms with E-state index in [1.807, 2.05) is 0 Å². The highest BCUT2D eigenvalue weighted by atomic mass is 16.6. The van der Waals surface area contributed by atoms with Crippen molar-refractivity contribution in [3.8, 4) is 11.5 Å². The second kappa shape index (κ2) is 7.24. The first-order chi connectivity index (χ1) is 12.2. The van der Waals surface area contributed by atoms with Crippen LogP contribution in [0.2, 0.25) is 0 Å². The Bertz CT molecular complexity index is 621. The van der Waals surface area contributed by atoms with Crippen LogP contribution in [0.1, 0.15) is 57.1 Å². The summed E-state index contributed by atoms with van der Waals surface area (Å²) in [6, 6.07) is 7.68. The molecule has 0 unspecified atom stereocenters. The van der Waals surface area contributed by atoms with Gasteiger partial charge in [0.15, 0.2) is 11.5 Å². The highest BCUT2D eigenvalue weighted by molar-refractivity contribution is 5.73. The van der Waals surface area contributed by atoms with E-state index in [4.69, 9.17) is 9.47 Å². The Hall–Kier alpha value is -1.75.